The van der Waals surface area contributed by atoms with Gasteiger partial charge in [0.15, 0.2) is 5.82 Å². The molecule has 0 spiro atoms. The van der Waals surface area contributed by atoms with Crippen LogP contribution >= 0.6 is 0 Å². The van der Waals surface area contributed by atoms with E-state index in [4.69, 9.17) is 5.11 Å². The van der Waals surface area contributed by atoms with E-state index in [1.807, 2.05) is 0 Å². The van der Waals surface area contributed by atoms with Crippen molar-refractivity contribution < 1.29 is 18.3 Å². The zero-order valence-corrected chi connectivity index (χ0v) is 10.9. The third-order valence-electron chi connectivity index (χ3n) is 2.88. The zero-order valence-electron chi connectivity index (χ0n) is 10.1. The molecule has 8 nitrogen and oxygen atoms in total. The number of aromatic nitrogens is 2. The summed E-state index contributed by atoms with van der Waals surface area (Å²) in [5.41, 5.74) is 0. The molecule has 0 aliphatic carbocycles. The van der Waals surface area contributed by atoms with E-state index in [1.54, 1.807) is 6.07 Å². The molecule has 19 heavy (non-hydrogen) atoms. The molecule has 0 saturated carbocycles. The Balaban J connectivity index is 2.09. The van der Waals surface area contributed by atoms with Crippen molar-refractivity contribution in [2.75, 3.05) is 17.8 Å². The van der Waals surface area contributed by atoms with Crippen LogP contribution in [0.3, 0.4) is 0 Å². The Morgan fingerprint density at radius 1 is 1.53 bits per heavy atom. The average molecular weight is 286 g/mol. The van der Waals surface area contributed by atoms with Crippen LogP contribution in [-0.4, -0.2) is 47.1 Å². The molecule has 1 fully saturated rings. The van der Waals surface area contributed by atoms with Gasteiger partial charge in [-0.3, -0.25) is 9.52 Å². The second-order valence-electron chi connectivity index (χ2n) is 4.25. The van der Waals surface area contributed by atoms with Gasteiger partial charge in [0.05, 0.1) is 5.92 Å². The van der Waals surface area contributed by atoms with Gasteiger partial charge in [-0.2, -0.15) is 17.8 Å². The number of nitrogens with zero attached hydrogens (tertiary/aromatic N) is 3. The van der Waals surface area contributed by atoms with Gasteiger partial charge in [-0.15, -0.1) is 5.10 Å². The largest absolute Gasteiger partial charge is 0.481 e. The lowest BCUT2D eigenvalue weighted by Gasteiger charge is -2.29. The van der Waals surface area contributed by atoms with Gasteiger partial charge in [-0.1, -0.05) is 0 Å². The van der Waals surface area contributed by atoms with E-state index in [0.717, 1.165) is 4.31 Å². The minimum absolute atomic E-state index is 0.0229. The standard InChI is InChI=1S/C10H14N4O4S/c15-10(16)8-3-2-6-14(7-8)19(17,18)13-9-4-1-5-11-12-9/h1,4-5,8H,2-3,6-7H2,(H,12,13)(H,15,16). The number of hydrogen-bond donors (Lipinski definition) is 2. The van der Waals surface area contributed by atoms with Crippen molar-refractivity contribution in [1.29, 1.82) is 0 Å². The van der Waals surface area contributed by atoms with E-state index in [2.05, 4.69) is 14.9 Å². The predicted octanol–water partition coefficient (Wildman–Crippen LogP) is -0.0701. The Morgan fingerprint density at radius 2 is 2.32 bits per heavy atom. The summed E-state index contributed by atoms with van der Waals surface area (Å²) in [5.74, 6) is -1.52. The van der Waals surface area contributed by atoms with Crippen molar-refractivity contribution >= 4 is 22.0 Å². The monoisotopic (exact) mass is 286 g/mol. The highest BCUT2D eigenvalue weighted by atomic mass is 32.2. The molecule has 0 amide bonds. The molecule has 0 aromatic carbocycles. The Kier molecular flexibility index (Phi) is 3.96. The molecule has 104 valence electrons. The summed E-state index contributed by atoms with van der Waals surface area (Å²) in [5, 5.41) is 16.1. The number of nitrogens with one attached hydrogen (secondary N) is 1. The lowest BCUT2D eigenvalue weighted by molar-refractivity contribution is -0.142. The van der Waals surface area contributed by atoms with Crippen LogP contribution in [0.2, 0.25) is 0 Å². The minimum Gasteiger partial charge on any atom is -0.481 e. The fourth-order valence-corrected chi connectivity index (χ4v) is 3.16. The van der Waals surface area contributed by atoms with Gasteiger partial charge in [0, 0.05) is 19.3 Å². The quantitative estimate of drug-likeness (QED) is 0.801. The first kappa shape index (κ1) is 13.7. The highest BCUT2D eigenvalue weighted by Gasteiger charge is 2.32. The van der Waals surface area contributed by atoms with Crippen LogP contribution in [0.15, 0.2) is 18.3 Å². The molecule has 1 atom stereocenters. The summed E-state index contributed by atoms with van der Waals surface area (Å²) in [6.45, 7) is 0.282. The second-order valence-corrected chi connectivity index (χ2v) is 5.92. The zero-order chi connectivity index (χ0) is 13.9. The summed E-state index contributed by atoms with van der Waals surface area (Å²) >= 11 is 0. The molecule has 1 aliphatic rings. The van der Waals surface area contributed by atoms with E-state index < -0.39 is 22.1 Å². The normalized spacial score (nSPS) is 20.9. The molecule has 0 bridgehead atoms. The summed E-state index contributed by atoms with van der Waals surface area (Å²) in [6.07, 6.45) is 2.45. The smallest absolute Gasteiger partial charge is 0.307 e. The highest BCUT2D eigenvalue weighted by molar-refractivity contribution is 7.90. The van der Waals surface area contributed by atoms with Crippen LogP contribution in [-0.2, 0) is 15.0 Å². The molecule has 2 rings (SSSR count). The van der Waals surface area contributed by atoms with E-state index in [1.165, 1.54) is 12.3 Å². The maximum atomic E-state index is 12.1. The number of rotatable bonds is 4. The second kappa shape index (κ2) is 5.49. The third kappa shape index (κ3) is 3.38. The van der Waals surface area contributed by atoms with Crippen LogP contribution in [0.5, 0.6) is 0 Å². The predicted molar refractivity (Wildman–Crippen MR) is 66.5 cm³/mol. The molecule has 1 unspecified atom stereocenters. The molecule has 2 heterocycles. The maximum Gasteiger partial charge on any atom is 0.307 e. The fraction of sp³-hybridized carbons (Fsp3) is 0.500. The third-order valence-corrected chi connectivity index (χ3v) is 4.36. The summed E-state index contributed by atoms with van der Waals surface area (Å²) in [6, 6.07) is 3.03. The van der Waals surface area contributed by atoms with Gasteiger partial charge >= 0.3 is 16.2 Å². The first-order chi connectivity index (χ1) is 8.99. The van der Waals surface area contributed by atoms with Crippen LogP contribution < -0.4 is 4.72 Å². The van der Waals surface area contributed by atoms with Crippen LogP contribution in [0.4, 0.5) is 5.82 Å². The Morgan fingerprint density at radius 3 is 2.95 bits per heavy atom. The molecular weight excluding hydrogens is 272 g/mol. The van der Waals surface area contributed by atoms with E-state index in [9.17, 15) is 13.2 Å². The molecule has 9 heteroatoms. The van der Waals surface area contributed by atoms with E-state index in [-0.39, 0.29) is 12.4 Å². The Labute approximate surface area is 110 Å². The number of aliphatic carboxylic acids is 1. The summed E-state index contributed by atoms with van der Waals surface area (Å²) in [7, 11) is -3.79. The minimum atomic E-state index is -3.79. The summed E-state index contributed by atoms with van der Waals surface area (Å²) < 4.78 is 27.6. The lowest BCUT2D eigenvalue weighted by Crippen LogP contribution is -2.44. The number of hydrogen-bond acceptors (Lipinski definition) is 5. The van der Waals surface area contributed by atoms with E-state index in [0.29, 0.717) is 19.4 Å². The number of piperidine rings is 1. The van der Waals surface area contributed by atoms with Crippen molar-refractivity contribution in [2.24, 2.45) is 5.92 Å². The van der Waals surface area contributed by atoms with Crippen LogP contribution in [0.25, 0.3) is 0 Å². The SMILES string of the molecule is O=C(O)C1CCCN(S(=O)(=O)Nc2cccnn2)C1. The molecule has 1 saturated heterocycles. The van der Waals surface area contributed by atoms with Gasteiger partial charge in [0.1, 0.15) is 0 Å². The summed E-state index contributed by atoms with van der Waals surface area (Å²) in [4.78, 5) is 10.9. The number of carboxylic acids is 1. The van der Waals surface area contributed by atoms with Crippen LogP contribution in [0, 0.1) is 5.92 Å². The number of carboxylic acid groups (broad SMARTS) is 1. The van der Waals surface area contributed by atoms with Crippen LogP contribution in [0.1, 0.15) is 12.8 Å². The molecule has 1 aromatic heterocycles. The molecule has 1 aliphatic heterocycles. The fourth-order valence-electron chi connectivity index (χ4n) is 1.91. The highest BCUT2D eigenvalue weighted by Crippen LogP contribution is 2.20. The van der Waals surface area contributed by atoms with Gasteiger partial charge in [0.2, 0.25) is 0 Å². The first-order valence-corrected chi connectivity index (χ1v) is 7.21. The molecule has 0 radical (unpaired) electrons. The Hall–Kier alpha value is -1.74. The van der Waals surface area contributed by atoms with Crippen molar-refractivity contribution in [3.05, 3.63) is 18.3 Å². The van der Waals surface area contributed by atoms with Gasteiger partial charge < -0.3 is 5.11 Å². The maximum absolute atomic E-state index is 12.1. The van der Waals surface area contributed by atoms with Crippen molar-refractivity contribution in [3.63, 3.8) is 0 Å². The first-order valence-electron chi connectivity index (χ1n) is 5.77. The van der Waals surface area contributed by atoms with Crippen molar-refractivity contribution in [3.8, 4) is 0 Å². The van der Waals surface area contributed by atoms with Crippen molar-refractivity contribution in [2.45, 2.75) is 12.8 Å². The molecular formula is C10H14N4O4S. The van der Waals surface area contributed by atoms with Gasteiger partial charge in [-0.05, 0) is 25.0 Å². The Bertz CT molecular complexity index is 548. The van der Waals surface area contributed by atoms with Gasteiger partial charge in [-0.25, -0.2) is 0 Å². The topological polar surface area (TPSA) is 112 Å². The lowest BCUT2D eigenvalue weighted by atomic mass is 10.0. The van der Waals surface area contributed by atoms with E-state index >= 15 is 0 Å². The number of anilines is 1. The van der Waals surface area contributed by atoms with Gasteiger partial charge in [0.25, 0.3) is 0 Å². The average Bonchev–Trinajstić information content (AvgIpc) is 2.39. The molecule has 1 aromatic rings. The molecule has 2 N–H and O–H groups in total. The van der Waals surface area contributed by atoms with Crippen molar-refractivity contribution in [1.82, 2.24) is 14.5 Å². The number of carbonyl (C=O) groups is 1.